The highest BCUT2D eigenvalue weighted by molar-refractivity contribution is 6.11. The summed E-state index contributed by atoms with van der Waals surface area (Å²) in [6, 6.07) is 18.2. The molecule has 2 aromatic carbocycles. The molecule has 110 valence electrons. The van der Waals surface area contributed by atoms with Gasteiger partial charge in [0.25, 0.3) is 0 Å². The van der Waals surface area contributed by atoms with Gasteiger partial charge in [-0.25, -0.2) is 5.01 Å². The predicted octanol–water partition coefficient (Wildman–Crippen LogP) is 3.78. The van der Waals surface area contributed by atoms with Crippen LogP contribution in [-0.2, 0) is 11.2 Å². The van der Waals surface area contributed by atoms with Gasteiger partial charge in [-0.3, -0.25) is 4.79 Å². The highest BCUT2D eigenvalue weighted by Gasteiger charge is 2.33. The van der Waals surface area contributed by atoms with E-state index in [9.17, 15) is 4.79 Å². The Hall–Kier alpha value is -2.42. The highest BCUT2D eigenvalue weighted by atomic mass is 16.2. The maximum Gasteiger partial charge on any atom is 0.248 e. The van der Waals surface area contributed by atoms with Crippen molar-refractivity contribution in [3.8, 4) is 0 Å². The summed E-state index contributed by atoms with van der Waals surface area (Å²) in [7, 11) is 0. The molecule has 1 atom stereocenters. The Morgan fingerprint density at radius 1 is 1.00 bits per heavy atom. The van der Waals surface area contributed by atoms with Crippen LogP contribution >= 0.6 is 0 Å². The van der Waals surface area contributed by atoms with Gasteiger partial charge >= 0.3 is 0 Å². The van der Waals surface area contributed by atoms with E-state index < -0.39 is 0 Å². The number of carbonyl (C=O) groups excluding carboxylic acids is 1. The number of nitrogens with zero attached hydrogens (tertiary/aromatic N) is 2. The van der Waals surface area contributed by atoms with E-state index in [2.05, 4.69) is 24.3 Å². The summed E-state index contributed by atoms with van der Waals surface area (Å²) in [5.74, 6) is 0.357. The summed E-state index contributed by atoms with van der Waals surface area (Å²) in [5, 5.41) is 6.33. The summed E-state index contributed by atoms with van der Waals surface area (Å²) in [6.07, 6.45) is 3.80. The zero-order chi connectivity index (χ0) is 14.9. The van der Waals surface area contributed by atoms with Crippen molar-refractivity contribution in [2.45, 2.75) is 25.7 Å². The van der Waals surface area contributed by atoms with Crippen molar-refractivity contribution in [1.29, 1.82) is 0 Å². The van der Waals surface area contributed by atoms with Crippen LogP contribution in [0.4, 0.5) is 5.69 Å². The first-order valence-corrected chi connectivity index (χ1v) is 7.88. The van der Waals surface area contributed by atoms with Crippen molar-refractivity contribution in [2.75, 3.05) is 5.01 Å². The minimum atomic E-state index is 0.0966. The van der Waals surface area contributed by atoms with E-state index in [4.69, 9.17) is 5.10 Å². The van der Waals surface area contributed by atoms with E-state index in [1.165, 1.54) is 11.1 Å². The first-order valence-electron chi connectivity index (χ1n) is 7.88. The Morgan fingerprint density at radius 2 is 1.77 bits per heavy atom. The summed E-state index contributed by atoms with van der Waals surface area (Å²) in [4.78, 5) is 12.5. The van der Waals surface area contributed by atoms with Gasteiger partial charge in [-0.15, -0.1) is 0 Å². The van der Waals surface area contributed by atoms with Crippen LogP contribution in [0.5, 0.6) is 0 Å². The van der Waals surface area contributed by atoms with Crippen molar-refractivity contribution < 1.29 is 4.79 Å². The van der Waals surface area contributed by atoms with Gasteiger partial charge in [-0.2, -0.15) is 5.10 Å². The highest BCUT2D eigenvalue weighted by Crippen LogP contribution is 2.32. The third-order valence-corrected chi connectivity index (χ3v) is 4.54. The molecule has 3 heteroatoms. The Kier molecular flexibility index (Phi) is 3.26. The van der Waals surface area contributed by atoms with Crippen LogP contribution in [0.3, 0.4) is 0 Å². The monoisotopic (exact) mass is 290 g/mol. The molecule has 0 N–H and O–H groups in total. The number of rotatable bonds is 1. The van der Waals surface area contributed by atoms with Crippen molar-refractivity contribution in [3.05, 3.63) is 65.7 Å². The number of amides is 1. The predicted molar refractivity (Wildman–Crippen MR) is 88.0 cm³/mol. The second kappa shape index (κ2) is 5.41. The van der Waals surface area contributed by atoms with Crippen LogP contribution in [0, 0.1) is 5.92 Å². The molecule has 0 bridgehead atoms. The van der Waals surface area contributed by atoms with Gasteiger partial charge in [0.2, 0.25) is 5.91 Å². The Bertz CT molecular complexity index is 736. The second-order valence-corrected chi connectivity index (χ2v) is 5.98. The molecule has 22 heavy (non-hydrogen) atoms. The lowest BCUT2D eigenvalue weighted by atomic mass is 9.90. The summed E-state index contributed by atoms with van der Waals surface area (Å²) in [5.41, 5.74) is 4.50. The van der Waals surface area contributed by atoms with Crippen LogP contribution in [0.1, 0.15) is 30.4 Å². The fraction of sp³-hybridized carbons (Fsp3) is 0.263. The first kappa shape index (κ1) is 13.3. The smallest absolute Gasteiger partial charge is 0.248 e. The zero-order valence-corrected chi connectivity index (χ0v) is 12.4. The van der Waals surface area contributed by atoms with Gasteiger partial charge in [0, 0.05) is 17.9 Å². The average molecular weight is 290 g/mol. The molecule has 4 rings (SSSR count). The van der Waals surface area contributed by atoms with Crippen LogP contribution < -0.4 is 5.01 Å². The number of para-hydroxylation sites is 1. The number of anilines is 1. The molecule has 1 aliphatic heterocycles. The molecule has 3 nitrogen and oxygen atoms in total. The number of hydrazone groups is 1. The maximum absolute atomic E-state index is 12.5. The van der Waals surface area contributed by atoms with Crippen molar-refractivity contribution in [3.63, 3.8) is 0 Å². The van der Waals surface area contributed by atoms with E-state index in [-0.39, 0.29) is 11.8 Å². The minimum Gasteiger partial charge on any atom is -0.273 e. The molecule has 0 fully saturated rings. The molecule has 0 saturated heterocycles. The summed E-state index contributed by atoms with van der Waals surface area (Å²) in [6.45, 7) is 0. The van der Waals surface area contributed by atoms with E-state index in [1.54, 1.807) is 5.01 Å². The van der Waals surface area contributed by atoms with Crippen molar-refractivity contribution >= 4 is 17.3 Å². The Morgan fingerprint density at radius 3 is 2.64 bits per heavy atom. The maximum atomic E-state index is 12.5. The molecule has 2 aliphatic rings. The van der Waals surface area contributed by atoms with Crippen molar-refractivity contribution in [1.82, 2.24) is 0 Å². The lowest BCUT2D eigenvalue weighted by Crippen LogP contribution is -2.37. The fourth-order valence-electron chi connectivity index (χ4n) is 3.45. The summed E-state index contributed by atoms with van der Waals surface area (Å²) < 4.78 is 0. The van der Waals surface area contributed by atoms with Crippen LogP contribution in [-0.4, -0.2) is 11.6 Å². The van der Waals surface area contributed by atoms with Crippen LogP contribution in [0.2, 0.25) is 0 Å². The lowest BCUT2D eigenvalue weighted by Gasteiger charge is -2.29. The number of aryl methyl sites for hydroxylation is 1. The molecule has 0 radical (unpaired) electrons. The van der Waals surface area contributed by atoms with Gasteiger partial charge in [0.1, 0.15) is 0 Å². The third kappa shape index (κ3) is 2.23. The molecule has 1 aliphatic carbocycles. The van der Waals surface area contributed by atoms with E-state index in [0.717, 1.165) is 30.7 Å². The van der Waals surface area contributed by atoms with E-state index in [1.807, 2.05) is 30.3 Å². The normalized spacial score (nSPS) is 20.7. The topological polar surface area (TPSA) is 32.7 Å². The molecule has 1 heterocycles. The molecular formula is C19H18N2O. The molecule has 1 amide bonds. The fourth-order valence-corrected chi connectivity index (χ4v) is 3.45. The zero-order valence-electron chi connectivity index (χ0n) is 12.4. The quantitative estimate of drug-likeness (QED) is 0.786. The van der Waals surface area contributed by atoms with Crippen molar-refractivity contribution in [2.24, 2.45) is 11.0 Å². The molecule has 0 spiro atoms. The first-order chi connectivity index (χ1) is 10.8. The second-order valence-electron chi connectivity index (χ2n) is 5.98. The molecular weight excluding hydrogens is 272 g/mol. The van der Waals surface area contributed by atoms with Gasteiger partial charge < -0.3 is 0 Å². The number of fused-ring (bicyclic) bond motifs is 3. The third-order valence-electron chi connectivity index (χ3n) is 4.54. The van der Waals surface area contributed by atoms with Crippen LogP contribution in [0.15, 0.2) is 59.7 Å². The van der Waals surface area contributed by atoms with Gasteiger partial charge in [-0.05, 0) is 37.0 Å². The Labute approximate surface area is 130 Å². The van der Waals surface area contributed by atoms with Gasteiger partial charge in [0.15, 0.2) is 0 Å². The standard InChI is InChI=1S/C19H18N2O/c22-18-13-15-9-6-8-14-7-4-5-12-17(14)19(15)20-21(18)16-10-2-1-3-11-16/h1-5,7,10-12,15H,6,8-9,13H2. The number of carbonyl (C=O) groups is 1. The number of hydrogen-bond acceptors (Lipinski definition) is 2. The SMILES string of the molecule is O=C1CC2CCCc3ccccc3C2=NN1c1ccccc1. The molecule has 0 saturated carbocycles. The van der Waals surface area contributed by atoms with E-state index >= 15 is 0 Å². The molecule has 2 aromatic rings. The van der Waals surface area contributed by atoms with E-state index in [0.29, 0.717) is 6.42 Å². The average Bonchev–Trinajstić information content (AvgIpc) is 2.74. The van der Waals surface area contributed by atoms with Gasteiger partial charge in [0.05, 0.1) is 11.4 Å². The van der Waals surface area contributed by atoms with Crippen LogP contribution in [0.25, 0.3) is 0 Å². The lowest BCUT2D eigenvalue weighted by molar-refractivity contribution is -0.119. The minimum absolute atomic E-state index is 0.0966. The molecule has 1 unspecified atom stereocenters. The largest absolute Gasteiger partial charge is 0.273 e. The molecule has 0 aromatic heterocycles. The Balaban J connectivity index is 1.83. The van der Waals surface area contributed by atoms with Gasteiger partial charge in [-0.1, -0.05) is 42.5 Å². The number of hydrogen-bond donors (Lipinski definition) is 0. The number of benzene rings is 2. The summed E-state index contributed by atoms with van der Waals surface area (Å²) >= 11 is 0.